The summed E-state index contributed by atoms with van der Waals surface area (Å²) in [4.78, 5) is 3.74. The summed E-state index contributed by atoms with van der Waals surface area (Å²) in [5.41, 5.74) is 0. The number of rotatable bonds is 3. The third-order valence-corrected chi connectivity index (χ3v) is 6.83. The first kappa shape index (κ1) is 10.3. The van der Waals surface area contributed by atoms with E-state index in [9.17, 15) is 0 Å². The zero-order valence-corrected chi connectivity index (χ0v) is 11.5. The van der Waals surface area contributed by atoms with Crippen LogP contribution in [-0.4, -0.2) is 0 Å². The zero-order valence-electron chi connectivity index (χ0n) is 9.08. The van der Waals surface area contributed by atoms with Gasteiger partial charge in [0.25, 0.3) is 0 Å². The van der Waals surface area contributed by atoms with Gasteiger partial charge in [-0.15, -0.1) is 11.3 Å². The molecule has 3 rings (SSSR count). The van der Waals surface area contributed by atoms with Crippen LogP contribution in [0.3, 0.4) is 0 Å². The summed E-state index contributed by atoms with van der Waals surface area (Å²) >= 11 is 5.92. The molecule has 0 aromatic carbocycles. The molecule has 2 heteroatoms. The van der Waals surface area contributed by atoms with Gasteiger partial charge in [0.15, 0.2) is 0 Å². The van der Waals surface area contributed by atoms with Crippen LogP contribution in [0.2, 0.25) is 0 Å². The third-order valence-electron chi connectivity index (χ3n) is 4.11. The molecule has 2 saturated carbocycles. The van der Waals surface area contributed by atoms with Crippen LogP contribution in [0.1, 0.15) is 40.8 Å². The van der Waals surface area contributed by atoms with Crippen molar-refractivity contribution in [2.24, 2.45) is 17.8 Å². The first-order valence-electron chi connectivity index (χ1n) is 6.04. The van der Waals surface area contributed by atoms with Gasteiger partial charge in [0.05, 0.1) is 4.83 Å². The molecule has 0 saturated heterocycles. The van der Waals surface area contributed by atoms with Crippen LogP contribution < -0.4 is 0 Å². The van der Waals surface area contributed by atoms with Crippen LogP contribution in [0.15, 0.2) is 12.1 Å². The van der Waals surface area contributed by atoms with E-state index in [0.717, 1.165) is 17.8 Å². The lowest BCUT2D eigenvalue weighted by atomic mass is 10.1. The van der Waals surface area contributed by atoms with Crippen molar-refractivity contribution in [3.05, 3.63) is 21.9 Å². The molecule has 3 unspecified atom stereocenters. The number of hydrogen-bond donors (Lipinski definition) is 0. The molecule has 0 aliphatic heterocycles. The van der Waals surface area contributed by atoms with Crippen LogP contribution >= 0.6 is 27.3 Å². The Kier molecular flexibility index (Phi) is 2.68. The normalized spacial score (nSPS) is 35.2. The molecule has 0 spiro atoms. The van der Waals surface area contributed by atoms with E-state index in [2.05, 4.69) is 35.0 Å². The van der Waals surface area contributed by atoms with Gasteiger partial charge >= 0.3 is 0 Å². The average molecular weight is 285 g/mol. The van der Waals surface area contributed by atoms with Gasteiger partial charge in [0.2, 0.25) is 0 Å². The van der Waals surface area contributed by atoms with Gasteiger partial charge in [-0.05, 0) is 49.1 Å². The molecular weight excluding hydrogens is 268 g/mol. The largest absolute Gasteiger partial charge is 0.144 e. The van der Waals surface area contributed by atoms with Crippen LogP contribution in [-0.2, 0) is 6.42 Å². The number of thiophene rings is 1. The summed E-state index contributed by atoms with van der Waals surface area (Å²) in [5.74, 6) is 3.07. The minimum absolute atomic E-state index is 0.651. The van der Waals surface area contributed by atoms with Gasteiger partial charge in [-0.25, -0.2) is 0 Å². The van der Waals surface area contributed by atoms with Crippen molar-refractivity contribution in [2.45, 2.75) is 37.4 Å². The third kappa shape index (κ3) is 1.70. The molecule has 1 heterocycles. The van der Waals surface area contributed by atoms with Crippen LogP contribution in [0.5, 0.6) is 0 Å². The summed E-state index contributed by atoms with van der Waals surface area (Å²) in [6.07, 6.45) is 5.64. The van der Waals surface area contributed by atoms with Crippen molar-refractivity contribution in [1.82, 2.24) is 0 Å². The molecule has 0 amide bonds. The Balaban J connectivity index is 1.72. The topological polar surface area (TPSA) is 0 Å². The first-order chi connectivity index (χ1) is 7.31. The minimum Gasteiger partial charge on any atom is -0.144 e. The molecule has 0 nitrogen and oxygen atoms in total. The highest BCUT2D eigenvalue weighted by Crippen LogP contribution is 2.64. The molecule has 0 radical (unpaired) electrons. The monoisotopic (exact) mass is 284 g/mol. The van der Waals surface area contributed by atoms with Crippen molar-refractivity contribution in [3.63, 3.8) is 0 Å². The van der Waals surface area contributed by atoms with Crippen LogP contribution in [0.4, 0.5) is 0 Å². The van der Waals surface area contributed by atoms with Crippen LogP contribution in [0.25, 0.3) is 0 Å². The Bertz CT molecular complexity index is 347. The van der Waals surface area contributed by atoms with Crippen LogP contribution in [0, 0.1) is 17.8 Å². The van der Waals surface area contributed by atoms with Gasteiger partial charge in [-0.3, -0.25) is 0 Å². The molecule has 82 valence electrons. The molecule has 2 aliphatic rings. The molecule has 1 aromatic rings. The summed E-state index contributed by atoms with van der Waals surface area (Å²) in [5, 5.41) is 0. The number of hydrogen-bond acceptors (Lipinski definition) is 1. The highest BCUT2D eigenvalue weighted by Gasteiger charge is 2.55. The molecule has 0 bridgehead atoms. The first-order valence-corrected chi connectivity index (χ1v) is 7.77. The van der Waals surface area contributed by atoms with Crippen molar-refractivity contribution in [1.29, 1.82) is 0 Å². The molecule has 15 heavy (non-hydrogen) atoms. The summed E-state index contributed by atoms with van der Waals surface area (Å²) in [7, 11) is 0. The van der Waals surface area contributed by atoms with Crippen molar-refractivity contribution in [3.8, 4) is 0 Å². The standard InChI is InChI=1S/C13H17BrS/c1-2-8-6-7-11(15-8)13(14)12-9-4-3-5-10(9)12/h6-7,9-10,12-13H,2-5H2,1H3. The summed E-state index contributed by atoms with van der Waals surface area (Å²) < 4.78 is 0. The van der Waals surface area contributed by atoms with Crippen molar-refractivity contribution >= 4 is 27.3 Å². The Morgan fingerprint density at radius 1 is 1.40 bits per heavy atom. The quantitative estimate of drug-likeness (QED) is 0.700. The van der Waals surface area contributed by atoms with Gasteiger partial charge in [0.1, 0.15) is 0 Å². The number of fused-ring (bicyclic) bond motifs is 1. The van der Waals surface area contributed by atoms with Gasteiger partial charge in [0, 0.05) is 9.75 Å². The fraction of sp³-hybridized carbons (Fsp3) is 0.692. The fourth-order valence-corrected chi connectivity index (χ4v) is 5.44. The summed E-state index contributed by atoms with van der Waals surface area (Å²) in [6.45, 7) is 2.24. The van der Waals surface area contributed by atoms with E-state index < -0.39 is 0 Å². The highest BCUT2D eigenvalue weighted by atomic mass is 79.9. The molecule has 2 fully saturated rings. The lowest BCUT2D eigenvalue weighted by molar-refractivity contribution is 0.586. The summed E-state index contributed by atoms with van der Waals surface area (Å²) in [6, 6.07) is 4.63. The van der Waals surface area contributed by atoms with Crippen molar-refractivity contribution in [2.75, 3.05) is 0 Å². The predicted molar refractivity (Wildman–Crippen MR) is 69.7 cm³/mol. The van der Waals surface area contributed by atoms with E-state index in [4.69, 9.17) is 0 Å². The van der Waals surface area contributed by atoms with E-state index >= 15 is 0 Å². The maximum absolute atomic E-state index is 3.92. The van der Waals surface area contributed by atoms with E-state index in [1.807, 2.05) is 11.3 Å². The average Bonchev–Trinajstić information content (AvgIpc) is 2.73. The van der Waals surface area contributed by atoms with Gasteiger partial charge in [-0.2, -0.15) is 0 Å². The molecular formula is C13H17BrS. The second-order valence-electron chi connectivity index (χ2n) is 4.90. The molecule has 3 atom stereocenters. The highest BCUT2D eigenvalue weighted by molar-refractivity contribution is 9.09. The molecule has 1 aromatic heterocycles. The molecule has 2 aliphatic carbocycles. The number of alkyl halides is 1. The maximum atomic E-state index is 3.92. The smallest absolute Gasteiger partial charge is 0.0522 e. The Morgan fingerprint density at radius 3 is 2.73 bits per heavy atom. The lowest BCUT2D eigenvalue weighted by Gasteiger charge is -2.09. The number of halogens is 1. The van der Waals surface area contributed by atoms with E-state index in [1.54, 1.807) is 4.88 Å². The fourth-order valence-electron chi connectivity index (χ4n) is 3.23. The maximum Gasteiger partial charge on any atom is 0.0522 e. The second-order valence-corrected chi connectivity index (χ2v) is 7.08. The predicted octanol–water partition coefficient (Wildman–Crippen LogP) is 4.79. The number of aryl methyl sites for hydroxylation is 1. The van der Waals surface area contributed by atoms with Gasteiger partial charge < -0.3 is 0 Å². The lowest BCUT2D eigenvalue weighted by Crippen LogP contribution is -1.95. The Hall–Kier alpha value is 0.180. The van der Waals surface area contributed by atoms with E-state index in [0.29, 0.717) is 4.83 Å². The van der Waals surface area contributed by atoms with E-state index in [1.165, 1.54) is 30.6 Å². The Labute approximate surface area is 104 Å². The zero-order chi connectivity index (χ0) is 10.4. The SMILES string of the molecule is CCc1ccc(C(Br)C2C3CCCC32)s1. The van der Waals surface area contributed by atoms with E-state index in [-0.39, 0.29) is 0 Å². The van der Waals surface area contributed by atoms with Gasteiger partial charge in [-0.1, -0.05) is 29.3 Å². The Morgan fingerprint density at radius 2 is 2.13 bits per heavy atom. The minimum atomic E-state index is 0.651. The van der Waals surface area contributed by atoms with Crippen molar-refractivity contribution < 1.29 is 0 Å². The molecule has 0 N–H and O–H groups in total. The second kappa shape index (κ2) is 3.89.